The summed E-state index contributed by atoms with van der Waals surface area (Å²) in [6, 6.07) is 5.79. The van der Waals surface area contributed by atoms with Crippen molar-refractivity contribution in [1.82, 2.24) is 0 Å². The maximum atomic E-state index is 13.3. The zero-order chi connectivity index (χ0) is 21.3. The minimum absolute atomic E-state index is 0.239. The summed E-state index contributed by atoms with van der Waals surface area (Å²) in [4.78, 5) is 24.4. The maximum Gasteiger partial charge on any atom is 0.340 e. The van der Waals surface area contributed by atoms with Crippen molar-refractivity contribution in [2.75, 3.05) is 23.7 Å². The summed E-state index contributed by atoms with van der Waals surface area (Å²) in [5, 5.41) is -0.337. The van der Waals surface area contributed by atoms with Crippen LogP contribution < -0.4 is 4.31 Å². The van der Waals surface area contributed by atoms with Gasteiger partial charge < -0.3 is 4.74 Å². The summed E-state index contributed by atoms with van der Waals surface area (Å²) in [6.07, 6.45) is 2.33. The highest BCUT2D eigenvalue weighted by Gasteiger charge is 2.25. The molecule has 0 aromatic heterocycles. The number of aryl methyl sites for hydroxylation is 1. The van der Waals surface area contributed by atoms with Gasteiger partial charge >= 0.3 is 5.97 Å². The number of carbonyl (C=O) groups excluding carboxylic acids is 2. The fourth-order valence-electron chi connectivity index (χ4n) is 3.05. The molecular formula is C19H16ClF2NO5S. The third-order valence-corrected chi connectivity index (χ3v) is 5.93. The Morgan fingerprint density at radius 3 is 2.55 bits per heavy atom. The molecule has 6 nitrogen and oxygen atoms in total. The van der Waals surface area contributed by atoms with Crippen molar-refractivity contribution in [3.05, 3.63) is 63.7 Å². The molecule has 0 amide bonds. The number of fused-ring (bicyclic) bond motifs is 1. The van der Waals surface area contributed by atoms with Gasteiger partial charge in [0.1, 0.15) is 0 Å². The molecule has 0 bridgehead atoms. The van der Waals surface area contributed by atoms with E-state index in [1.54, 1.807) is 6.07 Å². The lowest BCUT2D eigenvalue weighted by molar-refractivity contribution is 0.0474. The summed E-state index contributed by atoms with van der Waals surface area (Å²) in [7, 11) is -3.43. The third kappa shape index (κ3) is 4.56. The molecule has 10 heteroatoms. The fraction of sp³-hybridized carbons (Fsp3) is 0.263. The van der Waals surface area contributed by atoms with Gasteiger partial charge in [0.05, 0.1) is 22.5 Å². The summed E-state index contributed by atoms with van der Waals surface area (Å²) in [6.45, 7) is -0.269. The van der Waals surface area contributed by atoms with E-state index in [1.807, 2.05) is 0 Å². The lowest BCUT2D eigenvalue weighted by Gasteiger charge is -2.29. The van der Waals surface area contributed by atoms with Gasteiger partial charge in [-0.05, 0) is 48.7 Å². The Labute approximate surface area is 171 Å². The fourth-order valence-corrected chi connectivity index (χ4v) is 4.28. The molecule has 29 heavy (non-hydrogen) atoms. The summed E-state index contributed by atoms with van der Waals surface area (Å²) < 4.78 is 56.3. The molecule has 1 aliphatic rings. The quantitative estimate of drug-likeness (QED) is 0.402. The molecule has 0 fully saturated rings. The molecule has 154 valence electrons. The van der Waals surface area contributed by atoms with E-state index in [0.717, 1.165) is 6.26 Å². The van der Waals surface area contributed by atoms with Crippen molar-refractivity contribution >= 4 is 39.1 Å². The highest BCUT2D eigenvalue weighted by atomic mass is 35.5. The first-order chi connectivity index (χ1) is 13.6. The Balaban J connectivity index is 1.74. The molecule has 1 aliphatic heterocycles. The number of ether oxygens (including phenoxy) is 1. The van der Waals surface area contributed by atoms with Gasteiger partial charge in [0, 0.05) is 12.1 Å². The lowest BCUT2D eigenvalue weighted by Crippen LogP contribution is -2.34. The molecule has 0 aliphatic carbocycles. The molecule has 0 atom stereocenters. The molecule has 0 radical (unpaired) electrons. The van der Waals surface area contributed by atoms with E-state index in [0.29, 0.717) is 42.8 Å². The predicted octanol–water partition coefficient (Wildman–Crippen LogP) is 3.37. The van der Waals surface area contributed by atoms with E-state index < -0.39 is 45.6 Å². The van der Waals surface area contributed by atoms with Gasteiger partial charge in [-0.15, -0.1) is 0 Å². The van der Waals surface area contributed by atoms with Crippen LogP contribution in [0.25, 0.3) is 0 Å². The second-order valence-electron chi connectivity index (χ2n) is 6.53. The molecule has 3 rings (SSSR count). The van der Waals surface area contributed by atoms with E-state index in [1.165, 1.54) is 16.4 Å². The Kier molecular flexibility index (Phi) is 5.90. The topological polar surface area (TPSA) is 80.8 Å². The summed E-state index contributed by atoms with van der Waals surface area (Å²) >= 11 is 5.71. The van der Waals surface area contributed by atoms with E-state index in [2.05, 4.69) is 0 Å². The molecule has 0 N–H and O–H groups in total. The number of ketones is 1. The minimum Gasteiger partial charge on any atom is -0.454 e. The van der Waals surface area contributed by atoms with Gasteiger partial charge in [0.2, 0.25) is 10.0 Å². The van der Waals surface area contributed by atoms with Crippen LogP contribution in [-0.2, 0) is 21.2 Å². The molecule has 0 spiro atoms. The molecule has 0 saturated heterocycles. The van der Waals surface area contributed by atoms with Crippen molar-refractivity contribution < 1.29 is 31.5 Å². The van der Waals surface area contributed by atoms with E-state index in [9.17, 15) is 26.8 Å². The second-order valence-corrected chi connectivity index (χ2v) is 8.84. The molecular weight excluding hydrogens is 428 g/mol. The molecule has 2 aromatic rings. The number of Topliss-reactive ketones (excluding diaryl/α,β-unsaturated/α-hetero) is 1. The van der Waals surface area contributed by atoms with Crippen LogP contribution >= 0.6 is 11.6 Å². The molecule has 1 heterocycles. The SMILES string of the molecule is CS(=O)(=O)N1CCCc2cc(C(=O)COC(=O)c3cc(F)c(F)cc3Cl)ccc21. The number of rotatable bonds is 5. The zero-order valence-corrected chi connectivity index (χ0v) is 16.8. The third-order valence-electron chi connectivity index (χ3n) is 4.44. The van der Waals surface area contributed by atoms with Crippen molar-refractivity contribution in [2.24, 2.45) is 0 Å². The van der Waals surface area contributed by atoms with Gasteiger partial charge in [-0.25, -0.2) is 22.0 Å². The van der Waals surface area contributed by atoms with Gasteiger partial charge in [-0.2, -0.15) is 0 Å². The van der Waals surface area contributed by atoms with Crippen LogP contribution in [0, 0.1) is 11.6 Å². The van der Waals surface area contributed by atoms with Crippen molar-refractivity contribution in [3.63, 3.8) is 0 Å². The average Bonchev–Trinajstić information content (AvgIpc) is 2.67. The maximum absolute atomic E-state index is 13.3. The number of benzene rings is 2. The number of sulfonamides is 1. The van der Waals surface area contributed by atoms with E-state index in [-0.39, 0.29) is 10.6 Å². The predicted molar refractivity (Wildman–Crippen MR) is 103 cm³/mol. The van der Waals surface area contributed by atoms with Crippen LogP contribution in [0.15, 0.2) is 30.3 Å². The first-order valence-corrected chi connectivity index (χ1v) is 10.8. The number of esters is 1. The van der Waals surface area contributed by atoms with Crippen LogP contribution in [0.5, 0.6) is 0 Å². The first kappa shape index (κ1) is 21.2. The van der Waals surface area contributed by atoms with Gasteiger partial charge in [0.25, 0.3) is 0 Å². The standard InChI is InChI=1S/C19H16ClF2NO5S/c1-29(26,27)23-6-2-3-11-7-12(4-5-17(11)23)18(24)10-28-19(25)13-8-15(21)16(22)9-14(13)20/h4-5,7-9H,2-3,6,10H2,1H3. The molecule has 0 saturated carbocycles. The van der Waals surface area contributed by atoms with Gasteiger partial charge in [-0.3, -0.25) is 9.10 Å². The molecule has 0 unspecified atom stereocenters. The van der Waals surface area contributed by atoms with Gasteiger partial charge in [-0.1, -0.05) is 11.6 Å². The van der Waals surface area contributed by atoms with Crippen LogP contribution in [0.1, 0.15) is 32.7 Å². The summed E-state index contributed by atoms with van der Waals surface area (Å²) in [5.41, 5.74) is 1.05. The van der Waals surface area contributed by atoms with E-state index in [4.69, 9.17) is 16.3 Å². The van der Waals surface area contributed by atoms with E-state index >= 15 is 0 Å². The monoisotopic (exact) mass is 443 g/mol. The number of hydrogen-bond donors (Lipinski definition) is 0. The van der Waals surface area contributed by atoms with Crippen molar-refractivity contribution in [3.8, 4) is 0 Å². The molecule has 2 aromatic carbocycles. The highest BCUT2D eigenvalue weighted by Crippen LogP contribution is 2.30. The van der Waals surface area contributed by atoms with Crippen LogP contribution in [0.2, 0.25) is 5.02 Å². The normalized spacial score (nSPS) is 13.7. The smallest absolute Gasteiger partial charge is 0.340 e. The van der Waals surface area contributed by atoms with Crippen LogP contribution in [0.3, 0.4) is 0 Å². The highest BCUT2D eigenvalue weighted by molar-refractivity contribution is 7.92. The first-order valence-electron chi connectivity index (χ1n) is 8.53. The summed E-state index contributed by atoms with van der Waals surface area (Å²) in [5.74, 6) is -4.07. The number of nitrogens with zero attached hydrogens (tertiary/aromatic N) is 1. The number of carbonyl (C=O) groups is 2. The number of hydrogen-bond acceptors (Lipinski definition) is 5. The number of anilines is 1. The van der Waals surface area contributed by atoms with Gasteiger partial charge in [0.15, 0.2) is 24.0 Å². The lowest BCUT2D eigenvalue weighted by atomic mass is 9.99. The van der Waals surface area contributed by atoms with Crippen molar-refractivity contribution in [1.29, 1.82) is 0 Å². The minimum atomic E-state index is -3.43. The van der Waals surface area contributed by atoms with Crippen LogP contribution in [-0.4, -0.2) is 39.6 Å². The number of halogens is 3. The van der Waals surface area contributed by atoms with Crippen LogP contribution in [0.4, 0.5) is 14.5 Å². The Morgan fingerprint density at radius 2 is 1.86 bits per heavy atom. The second kappa shape index (κ2) is 8.08. The Hall–Kier alpha value is -2.52. The largest absolute Gasteiger partial charge is 0.454 e. The van der Waals surface area contributed by atoms with Crippen molar-refractivity contribution in [2.45, 2.75) is 12.8 Å². The average molecular weight is 444 g/mol. The zero-order valence-electron chi connectivity index (χ0n) is 15.2. The Morgan fingerprint density at radius 1 is 1.17 bits per heavy atom. The Bertz CT molecular complexity index is 1100.